The topological polar surface area (TPSA) is 82.1 Å². The summed E-state index contributed by atoms with van der Waals surface area (Å²) in [5.41, 5.74) is 11.4. The minimum atomic E-state index is 0.423. The number of anilines is 1. The molecule has 0 aliphatic heterocycles. The van der Waals surface area contributed by atoms with Gasteiger partial charge in [-0.1, -0.05) is 30.3 Å². The zero-order valence-corrected chi connectivity index (χ0v) is 20.8. The molecular formula is C29H30N6O. The Morgan fingerprint density at radius 3 is 2.64 bits per heavy atom. The summed E-state index contributed by atoms with van der Waals surface area (Å²) in [4.78, 5) is 16.0. The molecule has 1 saturated carbocycles. The van der Waals surface area contributed by atoms with Crippen molar-refractivity contribution in [3.63, 3.8) is 0 Å². The smallest absolute Gasteiger partial charge is 0.220 e. The van der Waals surface area contributed by atoms with E-state index in [1.165, 1.54) is 0 Å². The van der Waals surface area contributed by atoms with E-state index in [9.17, 15) is 0 Å². The summed E-state index contributed by atoms with van der Waals surface area (Å²) in [6.07, 6.45) is 6.05. The van der Waals surface area contributed by atoms with Gasteiger partial charge in [0.1, 0.15) is 23.5 Å². The Bertz CT molecular complexity index is 1550. The van der Waals surface area contributed by atoms with Crippen LogP contribution in [0.15, 0.2) is 67.1 Å². The standard InChI is InChI=1S/C29H30N6O/c1-18-11-26(36-22-7-5-4-6-8-22)33-25-14-20(9-10-23(18)25)24-16-35(21-12-19(13-21)15-34(2)3)29-27(24)28(30)31-17-32-29/h4-11,14,16-17,19,21H,12-13,15H2,1-3H3,(H2,30,31,32). The summed E-state index contributed by atoms with van der Waals surface area (Å²) in [5.74, 6) is 2.56. The number of hydrogen-bond donors (Lipinski definition) is 1. The second-order valence-electron chi connectivity index (χ2n) is 10.1. The SMILES string of the molecule is Cc1cc(Oc2ccccc2)nc2cc(-c3cn(C4CC(CN(C)C)C4)c4ncnc(N)c34)ccc12. The summed E-state index contributed by atoms with van der Waals surface area (Å²) in [6.45, 7) is 3.20. The highest BCUT2D eigenvalue weighted by Gasteiger charge is 2.32. The highest BCUT2D eigenvalue weighted by molar-refractivity contribution is 6.02. The molecular weight excluding hydrogens is 448 g/mol. The molecule has 0 unspecified atom stereocenters. The van der Waals surface area contributed by atoms with Crippen LogP contribution in [0.2, 0.25) is 0 Å². The van der Waals surface area contributed by atoms with Crippen LogP contribution in [0.3, 0.4) is 0 Å². The lowest BCUT2D eigenvalue weighted by Crippen LogP contribution is -2.33. The second kappa shape index (κ2) is 8.91. The number of aryl methyl sites for hydroxylation is 1. The molecule has 7 heteroatoms. The van der Waals surface area contributed by atoms with Gasteiger partial charge in [-0.25, -0.2) is 15.0 Å². The fraction of sp³-hybridized carbons (Fsp3) is 0.276. The number of ether oxygens (including phenoxy) is 1. The molecule has 3 aromatic heterocycles. The molecule has 0 saturated heterocycles. The maximum absolute atomic E-state index is 6.40. The first-order valence-corrected chi connectivity index (χ1v) is 12.4. The van der Waals surface area contributed by atoms with Gasteiger partial charge in [0.2, 0.25) is 5.88 Å². The van der Waals surface area contributed by atoms with Crippen molar-refractivity contribution in [1.82, 2.24) is 24.4 Å². The predicted molar refractivity (Wildman–Crippen MR) is 144 cm³/mol. The molecule has 6 rings (SSSR count). The van der Waals surface area contributed by atoms with E-state index in [1.807, 2.05) is 36.4 Å². The van der Waals surface area contributed by atoms with E-state index in [4.69, 9.17) is 15.5 Å². The molecule has 1 aliphatic rings. The number of pyridine rings is 1. The number of aromatic nitrogens is 4. The fourth-order valence-corrected chi connectivity index (χ4v) is 5.40. The minimum Gasteiger partial charge on any atom is -0.439 e. The Morgan fingerprint density at radius 2 is 1.86 bits per heavy atom. The van der Waals surface area contributed by atoms with Crippen LogP contribution in [0.25, 0.3) is 33.1 Å². The summed E-state index contributed by atoms with van der Waals surface area (Å²) < 4.78 is 8.34. The number of hydrogen-bond acceptors (Lipinski definition) is 6. The van der Waals surface area contributed by atoms with Crippen LogP contribution in [0.5, 0.6) is 11.6 Å². The van der Waals surface area contributed by atoms with Gasteiger partial charge in [-0.05, 0) is 69.1 Å². The van der Waals surface area contributed by atoms with Gasteiger partial charge >= 0.3 is 0 Å². The van der Waals surface area contributed by atoms with Crippen molar-refractivity contribution in [3.8, 4) is 22.8 Å². The van der Waals surface area contributed by atoms with Gasteiger partial charge in [-0.15, -0.1) is 0 Å². The van der Waals surface area contributed by atoms with Crippen LogP contribution in [-0.4, -0.2) is 45.1 Å². The van der Waals surface area contributed by atoms with Crippen molar-refractivity contribution < 1.29 is 4.74 Å². The molecule has 1 aliphatic carbocycles. The molecule has 0 radical (unpaired) electrons. The Labute approximate surface area is 210 Å². The first-order valence-electron chi connectivity index (χ1n) is 12.4. The van der Waals surface area contributed by atoms with Crippen LogP contribution >= 0.6 is 0 Å². The summed E-state index contributed by atoms with van der Waals surface area (Å²) in [6, 6.07) is 18.5. The Hall–Kier alpha value is -3.97. The highest BCUT2D eigenvalue weighted by atomic mass is 16.5. The average molecular weight is 479 g/mol. The van der Waals surface area contributed by atoms with E-state index in [0.717, 1.165) is 63.8 Å². The normalized spacial score (nSPS) is 17.6. The van der Waals surface area contributed by atoms with Gasteiger partial charge in [-0.3, -0.25) is 0 Å². The minimum absolute atomic E-state index is 0.423. The summed E-state index contributed by atoms with van der Waals surface area (Å²) in [5, 5.41) is 2.00. The quantitative estimate of drug-likeness (QED) is 0.330. The monoisotopic (exact) mass is 478 g/mol. The van der Waals surface area contributed by atoms with E-state index in [1.54, 1.807) is 6.33 Å². The van der Waals surface area contributed by atoms with Gasteiger partial charge < -0.3 is 19.9 Å². The molecule has 1 fully saturated rings. The van der Waals surface area contributed by atoms with Gasteiger partial charge in [0, 0.05) is 35.8 Å². The third kappa shape index (κ3) is 4.05. The van der Waals surface area contributed by atoms with Crippen LogP contribution < -0.4 is 10.5 Å². The van der Waals surface area contributed by atoms with Crippen LogP contribution in [0, 0.1) is 12.8 Å². The maximum atomic E-state index is 6.40. The Balaban J connectivity index is 1.40. The number of nitrogens with zero attached hydrogens (tertiary/aromatic N) is 5. The van der Waals surface area contributed by atoms with Gasteiger partial charge in [-0.2, -0.15) is 0 Å². The number of para-hydroxylation sites is 1. The van der Waals surface area contributed by atoms with Gasteiger partial charge in [0.15, 0.2) is 0 Å². The number of nitrogen functional groups attached to an aromatic ring is 1. The molecule has 182 valence electrons. The van der Waals surface area contributed by atoms with Crippen molar-refractivity contribution in [2.75, 3.05) is 26.4 Å². The van der Waals surface area contributed by atoms with Crippen molar-refractivity contribution in [3.05, 3.63) is 72.7 Å². The molecule has 3 heterocycles. The van der Waals surface area contributed by atoms with Gasteiger partial charge in [0.05, 0.1) is 10.9 Å². The lowest BCUT2D eigenvalue weighted by molar-refractivity contribution is 0.159. The van der Waals surface area contributed by atoms with Crippen LogP contribution in [0.1, 0.15) is 24.4 Å². The lowest BCUT2D eigenvalue weighted by Gasteiger charge is -2.38. The summed E-state index contributed by atoms with van der Waals surface area (Å²) >= 11 is 0. The van der Waals surface area contributed by atoms with Crippen molar-refractivity contribution in [2.45, 2.75) is 25.8 Å². The van der Waals surface area contributed by atoms with E-state index in [-0.39, 0.29) is 0 Å². The van der Waals surface area contributed by atoms with E-state index < -0.39 is 0 Å². The molecule has 2 aromatic carbocycles. The number of fused-ring (bicyclic) bond motifs is 2. The molecule has 36 heavy (non-hydrogen) atoms. The maximum Gasteiger partial charge on any atom is 0.220 e. The molecule has 2 N–H and O–H groups in total. The van der Waals surface area contributed by atoms with E-state index in [0.29, 0.717) is 23.7 Å². The Morgan fingerprint density at radius 1 is 1.06 bits per heavy atom. The number of benzene rings is 2. The van der Waals surface area contributed by atoms with Crippen molar-refractivity contribution in [1.29, 1.82) is 0 Å². The second-order valence-corrected chi connectivity index (χ2v) is 10.1. The van der Waals surface area contributed by atoms with Crippen molar-refractivity contribution >= 4 is 27.8 Å². The van der Waals surface area contributed by atoms with E-state index >= 15 is 0 Å². The molecule has 0 amide bonds. The fourth-order valence-electron chi connectivity index (χ4n) is 5.40. The van der Waals surface area contributed by atoms with Crippen LogP contribution in [0.4, 0.5) is 5.82 Å². The molecule has 0 atom stereocenters. The molecule has 0 bridgehead atoms. The molecule has 7 nitrogen and oxygen atoms in total. The third-order valence-electron chi connectivity index (χ3n) is 7.14. The first kappa shape index (κ1) is 22.5. The number of rotatable bonds is 6. The number of nitrogens with two attached hydrogens (primary N) is 1. The lowest BCUT2D eigenvalue weighted by atomic mass is 9.80. The zero-order chi connectivity index (χ0) is 24.8. The van der Waals surface area contributed by atoms with Crippen LogP contribution in [-0.2, 0) is 0 Å². The first-order chi connectivity index (χ1) is 17.5. The highest BCUT2D eigenvalue weighted by Crippen LogP contribution is 2.43. The van der Waals surface area contributed by atoms with E-state index in [2.05, 4.69) is 64.8 Å². The molecule has 0 spiro atoms. The van der Waals surface area contributed by atoms with Crippen molar-refractivity contribution in [2.24, 2.45) is 5.92 Å². The largest absolute Gasteiger partial charge is 0.439 e. The van der Waals surface area contributed by atoms with Gasteiger partial charge in [0.25, 0.3) is 0 Å². The summed E-state index contributed by atoms with van der Waals surface area (Å²) in [7, 11) is 4.27. The third-order valence-corrected chi connectivity index (χ3v) is 7.14. The average Bonchev–Trinajstić information content (AvgIpc) is 3.22. The Kier molecular flexibility index (Phi) is 5.57. The predicted octanol–water partition coefficient (Wildman–Crippen LogP) is 5.84. The zero-order valence-electron chi connectivity index (χ0n) is 20.8. The molecule has 5 aromatic rings.